The second-order valence-corrected chi connectivity index (χ2v) is 0.707. The molecule has 0 aromatic carbocycles. The van der Waals surface area contributed by atoms with Crippen LogP contribution in [0, 0.1) is 0 Å². The fourth-order valence-corrected chi connectivity index (χ4v) is 0. The molecule has 2 heteroatoms. The van der Waals surface area contributed by atoms with Gasteiger partial charge < -0.3 is 5.32 Å². The lowest BCUT2D eigenvalue weighted by Gasteiger charge is -1.76. The Balaban J connectivity index is 0. The van der Waals surface area contributed by atoms with E-state index in [0.29, 0.717) is 0 Å². The SMILES string of the molecule is CCNC.S. The molecule has 0 spiro atoms. The van der Waals surface area contributed by atoms with Crippen LogP contribution in [-0.2, 0) is 0 Å². The van der Waals surface area contributed by atoms with Crippen molar-refractivity contribution < 1.29 is 0 Å². The minimum absolute atomic E-state index is 0. The summed E-state index contributed by atoms with van der Waals surface area (Å²) in [5.74, 6) is 0. The molecule has 0 aliphatic carbocycles. The largest absolute Gasteiger partial charge is 0.320 e. The highest BCUT2D eigenvalue weighted by molar-refractivity contribution is 7.59. The second-order valence-electron chi connectivity index (χ2n) is 0.707. The molecule has 0 unspecified atom stereocenters. The number of rotatable bonds is 1. The summed E-state index contributed by atoms with van der Waals surface area (Å²) in [5.41, 5.74) is 0. The van der Waals surface area contributed by atoms with Crippen LogP contribution in [-0.4, -0.2) is 13.6 Å². The van der Waals surface area contributed by atoms with Gasteiger partial charge in [0, 0.05) is 0 Å². The summed E-state index contributed by atoms with van der Waals surface area (Å²) < 4.78 is 0. The lowest BCUT2D eigenvalue weighted by Crippen LogP contribution is -2.01. The normalized spacial score (nSPS) is 6.00. The molecule has 0 saturated carbocycles. The molecular weight excluding hydrogens is 82.1 g/mol. The lowest BCUT2D eigenvalue weighted by molar-refractivity contribution is 0.864. The summed E-state index contributed by atoms with van der Waals surface area (Å²) >= 11 is 0. The summed E-state index contributed by atoms with van der Waals surface area (Å²) in [7, 11) is 1.93. The zero-order valence-corrected chi connectivity index (χ0v) is 4.71. The van der Waals surface area contributed by atoms with Gasteiger partial charge in [0.15, 0.2) is 0 Å². The van der Waals surface area contributed by atoms with E-state index in [2.05, 4.69) is 12.2 Å². The molecule has 0 aromatic heterocycles. The molecule has 0 saturated heterocycles. The average molecular weight is 93.2 g/mol. The Morgan fingerprint density at radius 3 is 1.80 bits per heavy atom. The minimum atomic E-state index is 0. The predicted octanol–water partition coefficient (Wildman–Crippen LogP) is 0.338. The molecule has 0 aliphatic heterocycles. The van der Waals surface area contributed by atoms with E-state index in [9.17, 15) is 0 Å². The van der Waals surface area contributed by atoms with Gasteiger partial charge in [-0.1, -0.05) is 6.92 Å². The summed E-state index contributed by atoms with van der Waals surface area (Å²) in [6.45, 7) is 3.14. The fourth-order valence-electron chi connectivity index (χ4n) is 0. The van der Waals surface area contributed by atoms with Crippen LogP contribution < -0.4 is 5.32 Å². The molecule has 0 radical (unpaired) electrons. The van der Waals surface area contributed by atoms with Crippen LogP contribution in [0.5, 0.6) is 0 Å². The molecule has 1 N–H and O–H groups in total. The van der Waals surface area contributed by atoms with Crippen molar-refractivity contribution in [3.8, 4) is 0 Å². The lowest BCUT2D eigenvalue weighted by atomic mass is 10.8. The Morgan fingerprint density at radius 2 is 1.80 bits per heavy atom. The second kappa shape index (κ2) is 8.85. The molecule has 0 rings (SSSR count). The van der Waals surface area contributed by atoms with Gasteiger partial charge in [-0.3, -0.25) is 0 Å². The number of hydrogen-bond acceptors (Lipinski definition) is 1. The number of nitrogens with one attached hydrogen (secondary N) is 1. The van der Waals surface area contributed by atoms with Gasteiger partial charge in [-0.15, -0.1) is 0 Å². The van der Waals surface area contributed by atoms with Crippen molar-refractivity contribution in [3.05, 3.63) is 0 Å². The van der Waals surface area contributed by atoms with Gasteiger partial charge in [-0.2, -0.15) is 13.5 Å². The van der Waals surface area contributed by atoms with Gasteiger partial charge in [-0.25, -0.2) is 0 Å². The zero-order chi connectivity index (χ0) is 3.41. The molecular formula is C3H11NS. The Kier molecular flexibility index (Phi) is 15.9. The zero-order valence-electron chi connectivity index (χ0n) is 3.71. The first-order valence-electron chi connectivity index (χ1n) is 1.56. The maximum atomic E-state index is 2.93. The maximum Gasteiger partial charge on any atom is -0.00804 e. The predicted molar refractivity (Wildman–Crippen MR) is 30.0 cm³/mol. The Hall–Kier alpha value is 0.310. The third kappa shape index (κ3) is 13.4. The first-order valence-corrected chi connectivity index (χ1v) is 1.56. The van der Waals surface area contributed by atoms with Crippen LogP contribution in [0.2, 0.25) is 0 Å². The Morgan fingerprint density at radius 1 is 1.60 bits per heavy atom. The van der Waals surface area contributed by atoms with Crippen LogP contribution in [0.3, 0.4) is 0 Å². The van der Waals surface area contributed by atoms with Crippen LogP contribution in [0.25, 0.3) is 0 Å². The quantitative estimate of drug-likeness (QED) is 0.493. The standard InChI is InChI=1S/C3H9N.H2S/c1-3-4-2;/h4H,3H2,1-2H3;1H2. The van der Waals surface area contributed by atoms with Crippen molar-refractivity contribution in [3.63, 3.8) is 0 Å². The minimum Gasteiger partial charge on any atom is -0.320 e. The van der Waals surface area contributed by atoms with E-state index in [0.717, 1.165) is 6.54 Å². The van der Waals surface area contributed by atoms with Crippen molar-refractivity contribution in [1.29, 1.82) is 0 Å². The highest BCUT2D eigenvalue weighted by atomic mass is 32.1. The average Bonchev–Trinajstić information content (AvgIpc) is 1.37. The van der Waals surface area contributed by atoms with E-state index < -0.39 is 0 Å². The van der Waals surface area contributed by atoms with Gasteiger partial charge in [0.05, 0.1) is 0 Å². The molecule has 0 aliphatic rings. The highest BCUT2D eigenvalue weighted by Crippen LogP contribution is 1.34. The van der Waals surface area contributed by atoms with E-state index in [1.54, 1.807) is 0 Å². The first-order chi connectivity index (χ1) is 1.91. The molecule has 5 heavy (non-hydrogen) atoms. The molecule has 34 valence electrons. The summed E-state index contributed by atoms with van der Waals surface area (Å²) in [6, 6.07) is 0. The Labute approximate surface area is 40.2 Å². The van der Waals surface area contributed by atoms with Crippen LogP contribution in [0.15, 0.2) is 0 Å². The molecule has 1 nitrogen and oxygen atoms in total. The third-order valence-electron chi connectivity index (χ3n) is 0.354. The van der Waals surface area contributed by atoms with Gasteiger partial charge in [0.25, 0.3) is 0 Å². The van der Waals surface area contributed by atoms with Crippen LogP contribution >= 0.6 is 13.5 Å². The van der Waals surface area contributed by atoms with E-state index in [1.807, 2.05) is 7.05 Å². The van der Waals surface area contributed by atoms with Gasteiger partial charge in [0.1, 0.15) is 0 Å². The molecule has 0 heterocycles. The molecule has 0 amide bonds. The molecule has 0 bridgehead atoms. The maximum absolute atomic E-state index is 2.93. The van der Waals surface area contributed by atoms with Crippen LogP contribution in [0.4, 0.5) is 0 Å². The smallest absolute Gasteiger partial charge is 0.00804 e. The molecule has 0 fully saturated rings. The Bertz CT molecular complexity index is 8.85. The summed E-state index contributed by atoms with van der Waals surface area (Å²) in [6.07, 6.45) is 0. The summed E-state index contributed by atoms with van der Waals surface area (Å²) in [5, 5.41) is 2.93. The van der Waals surface area contributed by atoms with Crippen molar-refractivity contribution in [2.75, 3.05) is 13.6 Å². The number of hydrogen-bond donors (Lipinski definition) is 1. The highest BCUT2D eigenvalue weighted by Gasteiger charge is 1.50. The van der Waals surface area contributed by atoms with Crippen molar-refractivity contribution >= 4 is 13.5 Å². The van der Waals surface area contributed by atoms with Crippen molar-refractivity contribution in [2.24, 2.45) is 0 Å². The van der Waals surface area contributed by atoms with E-state index >= 15 is 0 Å². The van der Waals surface area contributed by atoms with Crippen molar-refractivity contribution in [2.45, 2.75) is 6.92 Å². The van der Waals surface area contributed by atoms with E-state index in [1.165, 1.54) is 0 Å². The van der Waals surface area contributed by atoms with Gasteiger partial charge in [-0.05, 0) is 13.6 Å². The molecule has 0 atom stereocenters. The van der Waals surface area contributed by atoms with Gasteiger partial charge >= 0.3 is 0 Å². The van der Waals surface area contributed by atoms with Crippen LogP contribution in [0.1, 0.15) is 6.92 Å². The van der Waals surface area contributed by atoms with E-state index in [-0.39, 0.29) is 13.5 Å². The topological polar surface area (TPSA) is 12.0 Å². The van der Waals surface area contributed by atoms with Crippen molar-refractivity contribution in [1.82, 2.24) is 5.32 Å². The fraction of sp³-hybridized carbons (Fsp3) is 1.00. The third-order valence-corrected chi connectivity index (χ3v) is 0.354. The molecule has 0 aromatic rings. The summed E-state index contributed by atoms with van der Waals surface area (Å²) in [4.78, 5) is 0. The van der Waals surface area contributed by atoms with E-state index in [4.69, 9.17) is 0 Å². The first kappa shape index (κ1) is 9.00. The van der Waals surface area contributed by atoms with Gasteiger partial charge in [0.2, 0.25) is 0 Å². The monoisotopic (exact) mass is 93.1 g/mol.